The van der Waals surface area contributed by atoms with Gasteiger partial charge in [0.25, 0.3) is 0 Å². The summed E-state index contributed by atoms with van der Waals surface area (Å²) in [5.41, 5.74) is 3.08. The zero-order valence-electron chi connectivity index (χ0n) is 12.1. The van der Waals surface area contributed by atoms with Crippen molar-refractivity contribution in [1.29, 1.82) is 5.41 Å². The summed E-state index contributed by atoms with van der Waals surface area (Å²) in [4.78, 5) is 7.05. The van der Waals surface area contributed by atoms with Crippen molar-refractivity contribution in [1.82, 2.24) is 9.55 Å². The van der Waals surface area contributed by atoms with Crippen molar-refractivity contribution >= 4 is 33.2 Å². The lowest BCUT2D eigenvalue weighted by molar-refractivity contribution is 0.694. The van der Waals surface area contributed by atoms with Gasteiger partial charge in [-0.1, -0.05) is 23.7 Å². The molecule has 1 aliphatic rings. The summed E-state index contributed by atoms with van der Waals surface area (Å²) in [6.45, 7) is 0.656. The maximum atomic E-state index is 8.59. The van der Waals surface area contributed by atoms with E-state index in [-0.39, 0.29) is 0 Å². The van der Waals surface area contributed by atoms with Gasteiger partial charge in [0.2, 0.25) is 0 Å². The Morgan fingerprint density at radius 1 is 1.18 bits per heavy atom. The van der Waals surface area contributed by atoms with Gasteiger partial charge in [0.05, 0.1) is 18.3 Å². The Labute approximate surface area is 137 Å². The summed E-state index contributed by atoms with van der Waals surface area (Å²) in [5, 5.41) is 10.4. The zero-order chi connectivity index (χ0) is 15.1. The highest BCUT2D eigenvalue weighted by Gasteiger charge is 2.18. The van der Waals surface area contributed by atoms with Crippen LogP contribution in [-0.4, -0.2) is 9.55 Å². The van der Waals surface area contributed by atoms with Gasteiger partial charge in [-0.3, -0.25) is 5.41 Å². The number of thiophene rings is 1. The molecule has 0 aliphatic heterocycles. The van der Waals surface area contributed by atoms with E-state index >= 15 is 0 Å². The fourth-order valence-electron chi connectivity index (χ4n) is 3.12. The number of rotatable bonds is 2. The molecule has 0 saturated heterocycles. The van der Waals surface area contributed by atoms with E-state index in [1.165, 1.54) is 23.3 Å². The van der Waals surface area contributed by atoms with Crippen LogP contribution in [0.25, 0.3) is 10.2 Å². The molecule has 0 bridgehead atoms. The number of hydrogen-bond acceptors (Lipinski definition) is 3. The molecule has 0 unspecified atom stereocenters. The van der Waals surface area contributed by atoms with E-state index in [9.17, 15) is 0 Å². The van der Waals surface area contributed by atoms with E-state index in [1.54, 1.807) is 17.7 Å². The van der Waals surface area contributed by atoms with Crippen LogP contribution in [0.1, 0.15) is 28.8 Å². The quantitative estimate of drug-likeness (QED) is 0.753. The normalized spacial score (nSPS) is 14.2. The second-order valence-electron chi connectivity index (χ2n) is 5.74. The number of benzene rings is 1. The molecular weight excluding hydrogens is 314 g/mol. The lowest BCUT2D eigenvalue weighted by atomic mass is 9.97. The summed E-state index contributed by atoms with van der Waals surface area (Å²) in [6.07, 6.45) is 6.52. The molecule has 5 heteroatoms. The van der Waals surface area contributed by atoms with Crippen LogP contribution in [0.5, 0.6) is 0 Å². The average molecular weight is 330 g/mol. The van der Waals surface area contributed by atoms with Crippen molar-refractivity contribution in [2.45, 2.75) is 32.2 Å². The molecule has 112 valence electrons. The van der Waals surface area contributed by atoms with Gasteiger partial charge in [-0.25, -0.2) is 4.98 Å². The predicted molar refractivity (Wildman–Crippen MR) is 90.7 cm³/mol. The summed E-state index contributed by atoms with van der Waals surface area (Å²) >= 11 is 7.70. The minimum atomic E-state index is 0.583. The number of nitrogens with zero attached hydrogens (tertiary/aromatic N) is 2. The minimum absolute atomic E-state index is 0.583. The lowest BCUT2D eigenvalue weighted by Gasteiger charge is -2.11. The standard InChI is InChI=1S/C17H16ClN3S/c18-12-7-5-11(6-8-12)9-21-10-20-17-15(16(21)19)13-3-1-2-4-14(13)22-17/h5-8,10,19H,1-4,9H2. The molecule has 0 saturated carbocycles. The van der Waals surface area contributed by atoms with E-state index in [0.717, 1.165) is 33.6 Å². The van der Waals surface area contributed by atoms with Crippen LogP contribution in [0.15, 0.2) is 30.6 Å². The van der Waals surface area contributed by atoms with Gasteiger partial charge in [0.1, 0.15) is 10.3 Å². The van der Waals surface area contributed by atoms with Crippen LogP contribution in [0.2, 0.25) is 5.02 Å². The first-order chi connectivity index (χ1) is 10.7. The third-order valence-corrected chi connectivity index (χ3v) is 5.71. The van der Waals surface area contributed by atoms with Gasteiger partial charge in [-0.05, 0) is 48.9 Å². The van der Waals surface area contributed by atoms with Crippen LogP contribution in [0, 0.1) is 5.41 Å². The van der Waals surface area contributed by atoms with E-state index < -0.39 is 0 Å². The van der Waals surface area contributed by atoms with Crippen molar-refractivity contribution in [3.63, 3.8) is 0 Å². The predicted octanol–water partition coefficient (Wildman–Crippen LogP) is 4.16. The first-order valence-corrected chi connectivity index (χ1v) is 8.70. The van der Waals surface area contributed by atoms with Crippen LogP contribution in [-0.2, 0) is 19.4 Å². The molecule has 1 aromatic carbocycles. The highest BCUT2D eigenvalue weighted by Crippen LogP contribution is 2.33. The number of aromatic nitrogens is 2. The number of nitrogens with one attached hydrogen (secondary N) is 1. The van der Waals surface area contributed by atoms with Gasteiger partial charge >= 0.3 is 0 Å². The second kappa shape index (κ2) is 5.52. The minimum Gasteiger partial charge on any atom is -0.312 e. The van der Waals surface area contributed by atoms with E-state index in [4.69, 9.17) is 17.0 Å². The highest BCUT2D eigenvalue weighted by atomic mass is 35.5. The van der Waals surface area contributed by atoms with Gasteiger partial charge in [0.15, 0.2) is 0 Å². The number of hydrogen-bond donors (Lipinski definition) is 1. The molecule has 2 heterocycles. The van der Waals surface area contributed by atoms with E-state index in [2.05, 4.69) is 4.98 Å². The van der Waals surface area contributed by atoms with Crippen LogP contribution in [0.4, 0.5) is 0 Å². The monoisotopic (exact) mass is 329 g/mol. The highest BCUT2D eigenvalue weighted by molar-refractivity contribution is 7.18. The van der Waals surface area contributed by atoms with Crippen LogP contribution >= 0.6 is 22.9 Å². The molecule has 0 atom stereocenters. The number of fused-ring (bicyclic) bond motifs is 3. The maximum Gasteiger partial charge on any atom is 0.136 e. The summed E-state index contributed by atoms with van der Waals surface area (Å²) < 4.78 is 1.92. The molecular formula is C17H16ClN3S. The van der Waals surface area contributed by atoms with E-state index in [0.29, 0.717) is 12.0 Å². The Balaban J connectivity index is 1.80. The Morgan fingerprint density at radius 3 is 2.77 bits per heavy atom. The Kier molecular flexibility index (Phi) is 3.51. The summed E-state index contributed by atoms with van der Waals surface area (Å²) in [5.74, 6) is 0. The fraction of sp³-hybridized carbons (Fsp3) is 0.294. The van der Waals surface area contributed by atoms with Gasteiger partial charge in [0, 0.05) is 9.90 Å². The Morgan fingerprint density at radius 2 is 1.95 bits per heavy atom. The van der Waals surface area contributed by atoms with Crippen molar-refractivity contribution in [2.24, 2.45) is 0 Å². The first kappa shape index (κ1) is 14.0. The molecule has 22 heavy (non-hydrogen) atoms. The van der Waals surface area contributed by atoms with Crippen molar-refractivity contribution < 1.29 is 0 Å². The third kappa shape index (κ3) is 2.36. The molecule has 0 fully saturated rings. The molecule has 1 N–H and O–H groups in total. The average Bonchev–Trinajstić information content (AvgIpc) is 2.91. The molecule has 0 spiro atoms. The van der Waals surface area contributed by atoms with Crippen molar-refractivity contribution in [3.8, 4) is 0 Å². The topological polar surface area (TPSA) is 41.7 Å². The molecule has 2 aromatic heterocycles. The summed E-state index contributed by atoms with van der Waals surface area (Å²) in [7, 11) is 0. The van der Waals surface area contributed by atoms with Crippen molar-refractivity contribution in [3.05, 3.63) is 57.1 Å². The smallest absolute Gasteiger partial charge is 0.136 e. The van der Waals surface area contributed by atoms with Crippen LogP contribution in [0.3, 0.4) is 0 Å². The second-order valence-corrected chi connectivity index (χ2v) is 7.26. The van der Waals surface area contributed by atoms with Gasteiger partial charge < -0.3 is 4.57 Å². The maximum absolute atomic E-state index is 8.59. The van der Waals surface area contributed by atoms with Gasteiger partial charge in [-0.15, -0.1) is 11.3 Å². The molecule has 3 aromatic rings. The van der Waals surface area contributed by atoms with Crippen LogP contribution < -0.4 is 5.49 Å². The molecule has 0 amide bonds. The largest absolute Gasteiger partial charge is 0.312 e. The van der Waals surface area contributed by atoms with E-state index in [1.807, 2.05) is 28.8 Å². The SMILES string of the molecule is N=c1c2c3c(sc2ncn1Cc1ccc(Cl)cc1)CCCC3. The third-order valence-electron chi connectivity index (χ3n) is 4.26. The molecule has 1 aliphatic carbocycles. The Bertz CT molecular complexity index is 893. The zero-order valence-corrected chi connectivity index (χ0v) is 13.7. The number of halogens is 1. The Hall–Kier alpha value is -1.65. The molecule has 4 rings (SSSR count). The first-order valence-electron chi connectivity index (χ1n) is 7.51. The molecule has 0 radical (unpaired) electrons. The van der Waals surface area contributed by atoms with Gasteiger partial charge in [-0.2, -0.15) is 0 Å². The fourth-order valence-corrected chi connectivity index (χ4v) is 4.47. The summed E-state index contributed by atoms with van der Waals surface area (Å²) in [6, 6.07) is 7.78. The van der Waals surface area contributed by atoms with Crippen molar-refractivity contribution in [2.75, 3.05) is 0 Å². The lowest BCUT2D eigenvalue weighted by Crippen LogP contribution is -2.22. The molecule has 3 nitrogen and oxygen atoms in total. The number of aryl methyl sites for hydroxylation is 2.